The van der Waals surface area contributed by atoms with Crippen molar-refractivity contribution in [2.45, 2.75) is 37.7 Å². The highest BCUT2D eigenvalue weighted by atomic mass is 32.2. The normalized spacial score (nSPS) is 20.2. The van der Waals surface area contributed by atoms with Crippen LogP contribution in [-0.2, 0) is 19.0 Å². The van der Waals surface area contributed by atoms with Crippen molar-refractivity contribution in [1.82, 2.24) is 0 Å². The molecule has 1 aromatic rings. The predicted molar refractivity (Wildman–Crippen MR) is 67.9 cm³/mol. The van der Waals surface area contributed by atoms with Gasteiger partial charge >= 0.3 is 0 Å². The van der Waals surface area contributed by atoms with Crippen LogP contribution in [0.3, 0.4) is 0 Å². The Kier molecular flexibility index (Phi) is 4.04. The Bertz CT molecular complexity index is 516. The van der Waals surface area contributed by atoms with E-state index in [-0.39, 0.29) is 17.6 Å². The van der Waals surface area contributed by atoms with E-state index in [0.717, 1.165) is 24.0 Å². The summed E-state index contributed by atoms with van der Waals surface area (Å²) in [6.07, 6.45) is 1.69. The van der Waals surface area contributed by atoms with E-state index in [2.05, 4.69) is 0 Å². The van der Waals surface area contributed by atoms with Gasteiger partial charge in [-0.05, 0) is 32.8 Å². The molecule has 0 N–H and O–H groups in total. The van der Waals surface area contributed by atoms with Gasteiger partial charge in [0.1, 0.15) is 0 Å². The van der Waals surface area contributed by atoms with Gasteiger partial charge in [-0.2, -0.15) is 8.42 Å². The van der Waals surface area contributed by atoms with Gasteiger partial charge in [-0.25, -0.2) is 0 Å². The van der Waals surface area contributed by atoms with Crippen molar-refractivity contribution in [3.05, 3.63) is 29.3 Å². The second kappa shape index (κ2) is 5.38. The van der Waals surface area contributed by atoms with Crippen molar-refractivity contribution < 1.29 is 17.3 Å². The van der Waals surface area contributed by atoms with Crippen molar-refractivity contribution in [2.24, 2.45) is 0 Å². The van der Waals surface area contributed by atoms with Gasteiger partial charge < -0.3 is 4.74 Å². The van der Waals surface area contributed by atoms with Crippen molar-refractivity contribution in [3.8, 4) is 0 Å². The number of ether oxygens (including phenoxy) is 1. The Balaban J connectivity index is 2.46. The molecule has 1 aliphatic rings. The van der Waals surface area contributed by atoms with Crippen molar-refractivity contribution in [2.75, 3.05) is 13.2 Å². The summed E-state index contributed by atoms with van der Waals surface area (Å²) in [5.41, 5.74) is 1.75. The molecule has 0 bridgehead atoms. The minimum absolute atomic E-state index is 0.130. The first kappa shape index (κ1) is 13.5. The van der Waals surface area contributed by atoms with Crippen LogP contribution < -0.4 is 0 Å². The van der Waals surface area contributed by atoms with Crippen LogP contribution in [0.25, 0.3) is 0 Å². The zero-order valence-electron chi connectivity index (χ0n) is 10.7. The van der Waals surface area contributed by atoms with Crippen LogP contribution in [-0.4, -0.2) is 21.6 Å². The largest absolute Gasteiger partial charge is 0.373 e. The Morgan fingerprint density at radius 2 is 2.22 bits per heavy atom. The summed E-state index contributed by atoms with van der Waals surface area (Å²) in [5, 5.41) is 0. The zero-order chi connectivity index (χ0) is 13.2. The molecular formula is C13H18O4S. The Morgan fingerprint density at radius 3 is 2.83 bits per heavy atom. The predicted octanol–water partition coefficient (Wildman–Crippen LogP) is 2.57. The minimum atomic E-state index is -3.68. The molecule has 1 saturated heterocycles. The summed E-state index contributed by atoms with van der Waals surface area (Å²) in [6, 6.07) is 5.27. The summed E-state index contributed by atoms with van der Waals surface area (Å²) in [4.78, 5) is 0.238. The molecule has 0 radical (unpaired) electrons. The molecule has 5 heteroatoms. The third kappa shape index (κ3) is 2.74. The molecule has 0 amide bonds. The van der Waals surface area contributed by atoms with E-state index in [1.807, 2.05) is 13.0 Å². The van der Waals surface area contributed by atoms with Crippen molar-refractivity contribution >= 4 is 10.1 Å². The Labute approximate surface area is 108 Å². The summed E-state index contributed by atoms with van der Waals surface area (Å²) in [7, 11) is -3.68. The summed E-state index contributed by atoms with van der Waals surface area (Å²) in [5.74, 6) is 0. The third-order valence-electron chi connectivity index (χ3n) is 2.98. The van der Waals surface area contributed by atoms with E-state index in [1.54, 1.807) is 19.1 Å². The van der Waals surface area contributed by atoms with Crippen LogP contribution >= 0.6 is 0 Å². The quantitative estimate of drug-likeness (QED) is 0.789. The molecule has 1 heterocycles. The first-order chi connectivity index (χ1) is 8.54. The van der Waals surface area contributed by atoms with Gasteiger partial charge in [0.25, 0.3) is 10.1 Å². The summed E-state index contributed by atoms with van der Waals surface area (Å²) in [6.45, 7) is 4.43. The van der Waals surface area contributed by atoms with Gasteiger partial charge in [0.05, 0.1) is 17.6 Å². The second-order valence-corrected chi connectivity index (χ2v) is 5.99. The van der Waals surface area contributed by atoms with Crippen molar-refractivity contribution in [1.29, 1.82) is 0 Å². The van der Waals surface area contributed by atoms with E-state index in [9.17, 15) is 8.42 Å². The highest BCUT2D eigenvalue weighted by Gasteiger charge is 2.26. The molecule has 4 nitrogen and oxygen atoms in total. The molecule has 2 rings (SSSR count). The maximum absolute atomic E-state index is 12.0. The van der Waals surface area contributed by atoms with Gasteiger partial charge in [-0.3, -0.25) is 4.18 Å². The van der Waals surface area contributed by atoms with Crippen LogP contribution in [0.4, 0.5) is 0 Å². The van der Waals surface area contributed by atoms with E-state index in [4.69, 9.17) is 8.92 Å². The lowest BCUT2D eigenvalue weighted by molar-refractivity contribution is 0.109. The van der Waals surface area contributed by atoms with Crippen LogP contribution in [0.15, 0.2) is 23.1 Å². The molecule has 1 aromatic carbocycles. The number of benzene rings is 1. The molecular weight excluding hydrogens is 252 g/mol. The van der Waals surface area contributed by atoms with Crippen molar-refractivity contribution in [3.63, 3.8) is 0 Å². The maximum Gasteiger partial charge on any atom is 0.297 e. The summed E-state index contributed by atoms with van der Waals surface area (Å²) < 4.78 is 34.5. The number of rotatable bonds is 4. The smallest absolute Gasteiger partial charge is 0.297 e. The maximum atomic E-state index is 12.0. The summed E-state index contributed by atoms with van der Waals surface area (Å²) >= 11 is 0. The second-order valence-electron chi connectivity index (χ2n) is 4.40. The fourth-order valence-electron chi connectivity index (χ4n) is 2.19. The highest BCUT2D eigenvalue weighted by Crippen LogP contribution is 2.34. The van der Waals surface area contributed by atoms with E-state index in [0.29, 0.717) is 6.61 Å². The first-order valence-corrected chi connectivity index (χ1v) is 7.57. The molecule has 1 unspecified atom stereocenters. The molecule has 0 saturated carbocycles. The lowest BCUT2D eigenvalue weighted by Crippen LogP contribution is -2.11. The standard InChI is InChI=1S/C13H18O4S/c1-3-17-18(14,15)13-7-6-10(2)9-11(13)12-5-4-8-16-12/h6-7,9,12H,3-5,8H2,1-2H3. The number of hydrogen-bond donors (Lipinski definition) is 0. The molecule has 1 atom stereocenters. The van der Waals surface area contributed by atoms with Crippen LogP contribution in [0.1, 0.15) is 37.0 Å². The topological polar surface area (TPSA) is 52.6 Å². The Hall–Kier alpha value is -0.910. The zero-order valence-corrected chi connectivity index (χ0v) is 11.5. The Morgan fingerprint density at radius 1 is 1.44 bits per heavy atom. The monoisotopic (exact) mass is 270 g/mol. The van der Waals surface area contributed by atoms with Crippen LogP contribution in [0.2, 0.25) is 0 Å². The third-order valence-corrected chi connectivity index (χ3v) is 4.44. The number of hydrogen-bond acceptors (Lipinski definition) is 4. The molecule has 100 valence electrons. The van der Waals surface area contributed by atoms with Gasteiger partial charge in [0.2, 0.25) is 0 Å². The highest BCUT2D eigenvalue weighted by molar-refractivity contribution is 7.86. The lowest BCUT2D eigenvalue weighted by Gasteiger charge is -2.15. The molecule has 18 heavy (non-hydrogen) atoms. The molecule has 0 spiro atoms. The van der Waals surface area contributed by atoms with Crippen LogP contribution in [0, 0.1) is 6.92 Å². The molecule has 0 aliphatic carbocycles. The average molecular weight is 270 g/mol. The average Bonchev–Trinajstić information content (AvgIpc) is 2.81. The molecule has 0 aromatic heterocycles. The SMILES string of the molecule is CCOS(=O)(=O)c1ccc(C)cc1C1CCCO1. The molecule has 1 aliphatic heterocycles. The van der Waals surface area contributed by atoms with E-state index in [1.165, 1.54) is 0 Å². The van der Waals surface area contributed by atoms with E-state index < -0.39 is 10.1 Å². The van der Waals surface area contributed by atoms with Gasteiger partial charge in [0, 0.05) is 12.2 Å². The fourth-order valence-corrected chi connectivity index (χ4v) is 3.34. The van der Waals surface area contributed by atoms with Gasteiger partial charge in [-0.15, -0.1) is 0 Å². The first-order valence-electron chi connectivity index (χ1n) is 6.16. The van der Waals surface area contributed by atoms with Gasteiger partial charge in [0.15, 0.2) is 0 Å². The van der Waals surface area contributed by atoms with Gasteiger partial charge in [-0.1, -0.05) is 17.7 Å². The minimum Gasteiger partial charge on any atom is -0.373 e. The molecule has 1 fully saturated rings. The lowest BCUT2D eigenvalue weighted by atomic mass is 10.0. The number of aryl methyl sites for hydroxylation is 1. The fraction of sp³-hybridized carbons (Fsp3) is 0.538. The van der Waals surface area contributed by atoms with Crippen LogP contribution in [0.5, 0.6) is 0 Å². The van der Waals surface area contributed by atoms with E-state index >= 15 is 0 Å².